The van der Waals surface area contributed by atoms with E-state index in [1.807, 2.05) is 12.2 Å². The zero-order valence-corrected chi connectivity index (χ0v) is 7.96. The lowest BCUT2D eigenvalue weighted by atomic mass is 9.68. The molecule has 12 heavy (non-hydrogen) atoms. The highest BCUT2D eigenvalue weighted by atomic mass is 14.0. The van der Waals surface area contributed by atoms with Gasteiger partial charge in [0.15, 0.2) is 7.28 Å². The SMILES string of the molecule is CC1=C/C=C\C=C/[B]/C(C)=C\1C. The molecule has 0 aromatic heterocycles. The van der Waals surface area contributed by atoms with Crippen LogP contribution >= 0.6 is 0 Å². The molecule has 1 radical (unpaired) electrons. The molecule has 1 heterocycles. The van der Waals surface area contributed by atoms with Gasteiger partial charge in [0.25, 0.3) is 0 Å². The molecular weight excluding hydrogens is 143 g/mol. The van der Waals surface area contributed by atoms with Crippen LogP contribution < -0.4 is 0 Å². The Balaban J connectivity index is 3.01. The summed E-state index contributed by atoms with van der Waals surface area (Å²) in [5.74, 6) is 2.07. The lowest BCUT2D eigenvalue weighted by Gasteiger charge is -2.04. The molecule has 0 aliphatic carbocycles. The van der Waals surface area contributed by atoms with Crippen molar-refractivity contribution in [3.05, 3.63) is 46.9 Å². The normalized spacial score (nSPS) is 33.4. The predicted octanol–water partition coefficient (Wildman–Crippen LogP) is 3.01. The minimum absolute atomic E-state index is 1.34. The molecule has 1 heteroatoms. The van der Waals surface area contributed by atoms with Crippen LogP contribution in [0.15, 0.2) is 46.9 Å². The smallest absolute Gasteiger partial charge is 0.117 e. The van der Waals surface area contributed by atoms with Crippen molar-refractivity contribution in [2.45, 2.75) is 20.8 Å². The van der Waals surface area contributed by atoms with Crippen molar-refractivity contribution in [2.75, 3.05) is 0 Å². The second-order valence-corrected chi connectivity index (χ2v) is 3.09. The molecule has 0 bridgehead atoms. The molecule has 0 unspecified atom stereocenters. The summed E-state index contributed by atoms with van der Waals surface area (Å²) in [6.45, 7) is 6.44. The van der Waals surface area contributed by atoms with E-state index in [4.69, 9.17) is 0 Å². The van der Waals surface area contributed by atoms with E-state index in [-0.39, 0.29) is 0 Å². The first-order chi connectivity index (χ1) is 5.72. The van der Waals surface area contributed by atoms with Crippen LogP contribution in [0.4, 0.5) is 0 Å². The Bertz CT molecular complexity index is 272. The van der Waals surface area contributed by atoms with E-state index in [9.17, 15) is 0 Å². The van der Waals surface area contributed by atoms with Crippen molar-refractivity contribution in [1.29, 1.82) is 0 Å². The third kappa shape index (κ3) is 2.26. The van der Waals surface area contributed by atoms with Crippen LogP contribution in [0.2, 0.25) is 0 Å². The molecule has 0 saturated carbocycles. The number of allylic oxidation sites excluding steroid dienone is 7. The standard InChI is InChI=1S/C11H14B/c1-9-7-5-4-6-8-12-11(3)10(9)2/h4-8H,1-3H3/b5-4-,8-6-,9-7-,11-10-. The third-order valence-corrected chi connectivity index (χ3v) is 2.21. The predicted molar refractivity (Wildman–Crippen MR) is 56.2 cm³/mol. The first kappa shape index (κ1) is 9.12. The van der Waals surface area contributed by atoms with E-state index in [1.165, 1.54) is 16.6 Å². The summed E-state index contributed by atoms with van der Waals surface area (Å²) in [4.78, 5) is 0. The van der Waals surface area contributed by atoms with Gasteiger partial charge in [-0.05, 0) is 19.4 Å². The Morgan fingerprint density at radius 3 is 2.50 bits per heavy atom. The van der Waals surface area contributed by atoms with Gasteiger partial charge in [-0.1, -0.05) is 36.8 Å². The van der Waals surface area contributed by atoms with Gasteiger partial charge in [0.05, 0.1) is 0 Å². The number of hydrogen-bond acceptors (Lipinski definition) is 0. The summed E-state index contributed by atoms with van der Waals surface area (Å²) in [6.07, 6.45) is 8.31. The maximum absolute atomic E-state index is 2.16. The summed E-state index contributed by atoms with van der Waals surface area (Å²) < 4.78 is 0. The van der Waals surface area contributed by atoms with Gasteiger partial charge in [-0.3, -0.25) is 0 Å². The lowest BCUT2D eigenvalue weighted by Crippen LogP contribution is -1.93. The van der Waals surface area contributed by atoms with Gasteiger partial charge in [0.2, 0.25) is 0 Å². The minimum Gasteiger partial charge on any atom is -0.117 e. The van der Waals surface area contributed by atoms with Crippen molar-refractivity contribution in [3.8, 4) is 0 Å². The maximum atomic E-state index is 2.16. The van der Waals surface area contributed by atoms with Crippen molar-refractivity contribution in [3.63, 3.8) is 0 Å². The van der Waals surface area contributed by atoms with Crippen molar-refractivity contribution >= 4 is 7.28 Å². The van der Waals surface area contributed by atoms with Crippen LogP contribution in [0.5, 0.6) is 0 Å². The van der Waals surface area contributed by atoms with Crippen LogP contribution in [-0.4, -0.2) is 7.28 Å². The zero-order chi connectivity index (χ0) is 8.97. The molecule has 0 aromatic rings. The Morgan fingerprint density at radius 2 is 1.75 bits per heavy atom. The van der Waals surface area contributed by atoms with Gasteiger partial charge in [0, 0.05) is 0 Å². The summed E-state index contributed by atoms with van der Waals surface area (Å²) in [6, 6.07) is 0. The first-order valence-corrected chi connectivity index (χ1v) is 4.24. The van der Waals surface area contributed by atoms with Crippen LogP contribution in [-0.2, 0) is 0 Å². The monoisotopic (exact) mass is 157 g/mol. The van der Waals surface area contributed by atoms with Gasteiger partial charge < -0.3 is 0 Å². The second kappa shape index (κ2) is 4.15. The molecule has 0 saturated heterocycles. The summed E-state index contributed by atoms with van der Waals surface area (Å²) in [5.41, 5.74) is 4.04. The molecule has 0 nitrogen and oxygen atoms in total. The molecule has 1 rings (SSSR count). The van der Waals surface area contributed by atoms with Crippen LogP contribution in [0, 0.1) is 0 Å². The fourth-order valence-electron chi connectivity index (χ4n) is 1.09. The highest BCUT2D eigenvalue weighted by molar-refractivity contribution is 6.51. The average Bonchev–Trinajstić information content (AvgIpc) is 2.12. The molecule has 1 aliphatic heterocycles. The Labute approximate surface area is 75.6 Å². The zero-order valence-electron chi connectivity index (χ0n) is 7.96. The van der Waals surface area contributed by atoms with E-state index < -0.39 is 0 Å². The van der Waals surface area contributed by atoms with Gasteiger partial charge in [0.1, 0.15) is 0 Å². The van der Waals surface area contributed by atoms with Gasteiger partial charge in [-0.15, -0.1) is 11.4 Å². The summed E-state index contributed by atoms with van der Waals surface area (Å²) >= 11 is 0. The third-order valence-electron chi connectivity index (χ3n) is 2.21. The summed E-state index contributed by atoms with van der Waals surface area (Å²) in [7, 11) is 2.14. The first-order valence-electron chi connectivity index (χ1n) is 4.24. The topological polar surface area (TPSA) is 0 Å². The van der Waals surface area contributed by atoms with Crippen LogP contribution in [0.25, 0.3) is 0 Å². The fourth-order valence-corrected chi connectivity index (χ4v) is 1.09. The van der Waals surface area contributed by atoms with Crippen LogP contribution in [0.3, 0.4) is 0 Å². The lowest BCUT2D eigenvalue weighted by molar-refractivity contribution is 1.31. The quantitative estimate of drug-likeness (QED) is 0.474. The summed E-state index contributed by atoms with van der Waals surface area (Å²) in [5, 5.41) is 0. The van der Waals surface area contributed by atoms with E-state index in [1.54, 1.807) is 0 Å². The molecule has 1 aliphatic rings. The van der Waals surface area contributed by atoms with Crippen molar-refractivity contribution in [2.24, 2.45) is 0 Å². The van der Waals surface area contributed by atoms with E-state index in [0.717, 1.165) is 0 Å². The molecular formula is C11H14B. The van der Waals surface area contributed by atoms with E-state index in [2.05, 4.69) is 46.2 Å². The van der Waals surface area contributed by atoms with Crippen molar-refractivity contribution < 1.29 is 0 Å². The highest BCUT2D eigenvalue weighted by Crippen LogP contribution is 2.13. The fraction of sp³-hybridized carbons (Fsp3) is 0.273. The van der Waals surface area contributed by atoms with E-state index >= 15 is 0 Å². The largest absolute Gasteiger partial charge is 0.175 e. The Morgan fingerprint density at radius 1 is 1.00 bits per heavy atom. The maximum Gasteiger partial charge on any atom is 0.175 e. The molecule has 0 amide bonds. The Hall–Kier alpha value is -0.975. The second-order valence-electron chi connectivity index (χ2n) is 3.09. The number of hydrogen-bond donors (Lipinski definition) is 0. The van der Waals surface area contributed by atoms with Gasteiger partial charge in [-0.25, -0.2) is 0 Å². The van der Waals surface area contributed by atoms with Crippen LogP contribution in [0.1, 0.15) is 20.8 Å². The van der Waals surface area contributed by atoms with Gasteiger partial charge >= 0.3 is 0 Å². The van der Waals surface area contributed by atoms with Crippen molar-refractivity contribution in [1.82, 2.24) is 0 Å². The Kier molecular flexibility index (Phi) is 3.15. The van der Waals surface area contributed by atoms with Gasteiger partial charge in [-0.2, -0.15) is 0 Å². The molecule has 0 atom stereocenters. The highest BCUT2D eigenvalue weighted by Gasteiger charge is 1.98. The average molecular weight is 157 g/mol. The molecule has 0 fully saturated rings. The van der Waals surface area contributed by atoms with E-state index in [0.29, 0.717) is 0 Å². The molecule has 0 spiro atoms. The molecule has 61 valence electrons. The molecule has 0 N–H and O–H groups in total. The number of rotatable bonds is 0. The minimum atomic E-state index is 1.34. The molecule has 0 aromatic carbocycles.